The fourth-order valence-electron chi connectivity index (χ4n) is 1.85. The van der Waals surface area contributed by atoms with Crippen molar-refractivity contribution in [2.24, 2.45) is 0 Å². The lowest BCUT2D eigenvalue weighted by Gasteiger charge is -2.23. The molecule has 0 saturated carbocycles. The van der Waals surface area contributed by atoms with E-state index in [2.05, 4.69) is 15.6 Å². The van der Waals surface area contributed by atoms with Crippen LogP contribution >= 0.6 is 11.6 Å². The number of rotatable bonds is 5. The van der Waals surface area contributed by atoms with Crippen molar-refractivity contribution in [2.75, 3.05) is 38.2 Å². The molecule has 110 valence electrons. The lowest BCUT2D eigenvalue weighted by Crippen LogP contribution is -2.39. The number of pyridine rings is 1. The van der Waals surface area contributed by atoms with Gasteiger partial charge < -0.3 is 20.1 Å². The predicted octanol–water partition coefficient (Wildman–Crippen LogP) is 1.31. The topological polar surface area (TPSA) is 72.5 Å². The standard InChI is InChI=1S/C13H18ClN3O3/c1-2-15-12-5-10(11(14)7-16-12)13(18)17-6-9-8-19-3-4-20-9/h5,7,9H,2-4,6,8H2,1H3,(H,15,16)(H,17,18). The van der Waals surface area contributed by atoms with Gasteiger partial charge in [0, 0.05) is 19.3 Å². The molecule has 2 N–H and O–H groups in total. The van der Waals surface area contributed by atoms with Crippen molar-refractivity contribution >= 4 is 23.3 Å². The van der Waals surface area contributed by atoms with Gasteiger partial charge >= 0.3 is 0 Å². The first-order valence-electron chi connectivity index (χ1n) is 6.57. The van der Waals surface area contributed by atoms with E-state index < -0.39 is 0 Å². The number of nitrogens with one attached hydrogen (secondary N) is 2. The Labute approximate surface area is 122 Å². The van der Waals surface area contributed by atoms with E-state index in [1.807, 2.05) is 6.92 Å². The molecule has 1 aromatic rings. The summed E-state index contributed by atoms with van der Waals surface area (Å²) >= 11 is 6.01. The zero-order chi connectivity index (χ0) is 14.4. The molecule has 1 aliphatic rings. The first kappa shape index (κ1) is 15.0. The van der Waals surface area contributed by atoms with Crippen LogP contribution in [0.4, 0.5) is 5.82 Å². The zero-order valence-corrected chi connectivity index (χ0v) is 12.1. The number of aromatic nitrogens is 1. The van der Waals surface area contributed by atoms with E-state index in [0.717, 1.165) is 6.54 Å². The number of hydrogen-bond donors (Lipinski definition) is 2. The highest BCUT2D eigenvalue weighted by Gasteiger charge is 2.17. The summed E-state index contributed by atoms with van der Waals surface area (Å²) in [6.07, 6.45) is 1.36. The summed E-state index contributed by atoms with van der Waals surface area (Å²) in [6, 6.07) is 1.64. The summed E-state index contributed by atoms with van der Waals surface area (Å²) in [7, 11) is 0. The Bertz CT molecular complexity index is 464. The maximum Gasteiger partial charge on any atom is 0.253 e. The summed E-state index contributed by atoms with van der Waals surface area (Å²) in [5, 5.41) is 6.16. The van der Waals surface area contributed by atoms with Gasteiger partial charge in [0.1, 0.15) is 5.82 Å². The highest BCUT2D eigenvalue weighted by molar-refractivity contribution is 6.33. The molecular formula is C13H18ClN3O3. The molecule has 7 heteroatoms. The molecule has 0 radical (unpaired) electrons. The molecular weight excluding hydrogens is 282 g/mol. The molecule has 1 atom stereocenters. The molecule has 2 rings (SSSR count). The molecule has 0 aromatic carbocycles. The fourth-order valence-corrected chi connectivity index (χ4v) is 2.04. The van der Waals surface area contributed by atoms with E-state index in [-0.39, 0.29) is 12.0 Å². The van der Waals surface area contributed by atoms with Crippen LogP contribution < -0.4 is 10.6 Å². The van der Waals surface area contributed by atoms with Crippen LogP contribution in [0.25, 0.3) is 0 Å². The van der Waals surface area contributed by atoms with Crippen LogP contribution in [0.2, 0.25) is 5.02 Å². The van der Waals surface area contributed by atoms with Gasteiger partial charge in [-0.05, 0) is 13.0 Å². The smallest absolute Gasteiger partial charge is 0.253 e. The molecule has 1 unspecified atom stereocenters. The van der Waals surface area contributed by atoms with Gasteiger partial charge in [0.25, 0.3) is 5.91 Å². The SMILES string of the molecule is CCNc1cc(C(=O)NCC2COCCO2)c(Cl)cn1. The van der Waals surface area contributed by atoms with E-state index in [9.17, 15) is 4.79 Å². The van der Waals surface area contributed by atoms with E-state index in [4.69, 9.17) is 21.1 Å². The van der Waals surface area contributed by atoms with Gasteiger partial charge in [0.2, 0.25) is 0 Å². The first-order valence-corrected chi connectivity index (χ1v) is 6.95. The zero-order valence-electron chi connectivity index (χ0n) is 11.3. The van der Waals surface area contributed by atoms with Gasteiger partial charge in [-0.3, -0.25) is 4.79 Å². The number of halogens is 1. The molecule has 1 aromatic heterocycles. The van der Waals surface area contributed by atoms with Crippen LogP contribution in [-0.2, 0) is 9.47 Å². The fraction of sp³-hybridized carbons (Fsp3) is 0.538. The third-order valence-electron chi connectivity index (χ3n) is 2.83. The molecule has 6 nitrogen and oxygen atoms in total. The van der Waals surface area contributed by atoms with Gasteiger partial charge in [0.05, 0.1) is 36.5 Å². The minimum Gasteiger partial charge on any atom is -0.376 e. The third-order valence-corrected chi connectivity index (χ3v) is 3.13. The van der Waals surface area contributed by atoms with Crippen molar-refractivity contribution in [2.45, 2.75) is 13.0 Å². The molecule has 1 saturated heterocycles. The summed E-state index contributed by atoms with van der Waals surface area (Å²) in [4.78, 5) is 16.2. The first-order chi connectivity index (χ1) is 9.70. The van der Waals surface area contributed by atoms with Crippen LogP contribution in [0, 0.1) is 0 Å². The summed E-state index contributed by atoms with van der Waals surface area (Å²) in [6.45, 7) is 4.73. The minimum absolute atomic E-state index is 0.110. The Morgan fingerprint density at radius 1 is 1.55 bits per heavy atom. The van der Waals surface area contributed by atoms with E-state index >= 15 is 0 Å². The van der Waals surface area contributed by atoms with Crippen molar-refractivity contribution in [3.8, 4) is 0 Å². The molecule has 1 aliphatic heterocycles. The van der Waals surface area contributed by atoms with Crippen molar-refractivity contribution in [1.82, 2.24) is 10.3 Å². The lowest BCUT2D eigenvalue weighted by atomic mass is 10.2. The number of hydrogen-bond acceptors (Lipinski definition) is 5. The van der Waals surface area contributed by atoms with Gasteiger partial charge in [-0.15, -0.1) is 0 Å². The average Bonchev–Trinajstić information content (AvgIpc) is 2.48. The van der Waals surface area contributed by atoms with Crippen molar-refractivity contribution in [1.29, 1.82) is 0 Å². The molecule has 2 heterocycles. The van der Waals surface area contributed by atoms with Gasteiger partial charge in [0.15, 0.2) is 0 Å². The highest BCUT2D eigenvalue weighted by atomic mass is 35.5. The number of ether oxygens (including phenoxy) is 2. The average molecular weight is 300 g/mol. The molecule has 0 bridgehead atoms. The number of carbonyl (C=O) groups excluding carboxylic acids is 1. The van der Waals surface area contributed by atoms with E-state index in [1.165, 1.54) is 6.20 Å². The van der Waals surface area contributed by atoms with Crippen LogP contribution in [0.15, 0.2) is 12.3 Å². The van der Waals surface area contributed by atoms with Crippen molar-refractivity contribution in [3.63, 3.8) is 0 Å². The second kappa shape index (κ2) is 7.42. The monoisotopic (exact) mass is 299 g/mol. The summed E-state index contributed by atoms with van der Waals surface area (Å²) in [5.41, 5.74) is 0.398. The Morgan fingerprint density at radius 2 is 2.40 bits per heavy atom. The Kier molecular flexibility index (Phi) is 5.58. The van der Waals surface area contributed by atoms with Crippen LogP contribution in [-0.4, -0.2) is 49.9 Å². The Morgan fingerprint density at radius 3 is 3.10 bits per heavy atom. The van der Waals surface area contributed by atoms with Crippen LogP contribution in [0.5, 0.6) is 0 Å². The maximum atomic E-state index is 12.1. The molecule has 1 fully saturated rings. The predicted molar refractivity (Wildman–Crippen MR) is 76.3 cm³/mol. The molecule has 0 spiro atoms. The molecule has 1 amide bonds. The van der Waals surface area contributed by atoms with Crippen LogP contribution in [0.3, 0.4) is 0 Å². The number of nitrogens with zero attached hydrogens (tertiary/aromatic N) is 1. The second-order valence-electron chi connectivity index (χ2n) is 4.36. The van der Waals surface area contributed by atoms with E-state index in [1.54, 1.807) is 6.07 Å². The third kappa shape index (κ3) is 4.06. The second-order valence-corrected chi connectivity index (χ2v) is 4.76. The Balaban J connectivity index is 1.95. The number of carbonyl (C=O) groups is 1. The number of anilines is 1. The summed E-state index contributed by atoms with van der Waals surface area (Å²) < 4.78 is 10.7. The van der Waals surface area contributed by atoms with Gasteiger partial charge in [-0.2, -0.15) is 0 Å². The van der Waals surface area contributed by atoms with Gasteiger partial charge in [-0.25, -0.2) is 4.98 Å². The van der Waals surface area contributed by atoms with E-state index in [0.29, 0.717) is 42.8 Å². The van der Waals surface area contributed by atoms with Crippen molar-refractivity contribution < 1.29 is 14.3 Å². The molecule has 20 heavy (non-hydrogen) atoms. The maximum absolute atomic E-state index is 12.1. The largest absolute Gasteiger partial charge is 0.376 e. The molecule has 0 aliphatic carbocycles. The van der Waals surface area contributed by atoms with Crippen molar-refractivity contribution in [3.05, 3.63) is 22.8 Å². The summed E-state index contributed by atoms with van der Waals surface area (Å²) in [5.74, 6) is 0.380. The minimum atomic E-state index is -0.245. The van der Waals surface area contributed by atoms with Crippen LogP contribution in [0.1, 0.15) is 17.3 Å². The highest BCUT2D eigenvalue weighted by Crippen LogP contribution is 2.17. The normalized spacial score (nSPS) is 18.6. The quantitative estimate of drug-likeness (QED) is 0.858. The number of amides is 1. The Hall–Kier alpha value is -1.37. The lowest BCUT2D eigenvalue weighted by molar-refractivity contribution is -0.0855. The van der Waals surface area contributed by atoms with Gasteiger partial charge in [-0.1, -0.05) is 11.6 Å².